The monoisotopic (exact) mass is 454 g/mol. The molecule has 0 radical (unpaired) electrons. The molecule has 1 aromatic carbocycles. The molecular formula is C24H24F2N4O3. The molecule has 1 aromatic heterocycles. The average Bonchev–Trinajstić information content (AvgIpc) is 3.10. The molecule has 33 heavy (non-hydrogen) atoms. The number of halogens is 2. The van der Waals surface area contributed by atoms with E-state index in [0.717, 1.165) is 37.1 Å². The van der Waals surface area contributed by atoms with Crippen molar-refractivity contribution in [3.63, 3.8) is 0 Å². The quantitative estimate of drug-likeness (QED) is 0.567. The Kier molecular flexibility index (Phi) is 5.65. The molecule has 0 saturated carbocycles. The summed E-state index contributed by atoms with van der Waals surface area (Å²) in [6.07, 6.45) is 2.00. The summed E-state index contributed by atoms with van der Waals surface area (Å²) in [6, 6.07) is 6.79. The van der Waals surface area contributed by atoms with Crippen molar-refractivity contribution >= 4 is 17.7 Å². The second-order valence-corrected chi connectivity index (χ2v) is 8.92. The molecule has 172 valence electrons. The number of carbonyl (C=O) groups excluding carboxylic acids is 3. The minimum Gasteiger partial charge on any atom is -0.322 e. The lowest BCUT2D eigenvalue weighted by Gasteiger charge is -2.33. The maximum atomic E-state index is 14.5. The minimum absolute atomic E-state index is 0.0840. The summed E-state index contributed by atoms with van der Waals surface area (Å²) in [4.78, 5) is 44.4. The molecule has 5 rings (SSSR count). The van der Waals surface area contributed by atoms with Crippen LogP contribution in [-0.4, -0.2) is 51.6 Å². The van der Waals surface area contributed by atoms with E-state index in [2.05, 4.69) is 15.2 Å². The highest BCUT2D eigenvalue weighted by Crippen LogP contribution is 2.37. The van der Waals surface area contributed by atoms with Gasteiger partial charge >= 0.3 is 0 Å². The first-order valence-corrected chi connectivity index (χ1v) is 11.2. The number of piperidine rings is 2. The Hall–Kier alpha value is -3.20. The van der Waals surface area contributed by atoms with Crippen molar-refractivity contribution in [3.05, 3.63) is 64.5 Å². The molecule has 3 amide bonds. The smallest absolute Gasteiger partial charge is 0.255 e. The number of imide groups is 1. The molecule has 7 nitrogen and oxygen atoms in total. The molecule has 2 saturated heterocycles. The maximum Gasteiger partial charge on any atom is 0.255 e. The Morgan fingerprint density at radius 1 is 1.06 bits per heavy atom. The number of nitrogens with zero attached hydrogens (tertiary/aromatic N) is 3. The second-order valence-electron chi connectivity index (χ2n) is 8.92. The maximum absolute atomic E-state index is 14.5. The van der Waals surface area contributed by atoms with Gasteiger partial charge in [-0.25, -0.2) is 9.37 Å². The van der Waals surface area contributed by atoms with E-state index in [9.17, 15) is 23.2 Å². The first-order valence-electron chi connectivity index (χ1n) is 11.2. The lowest BCUT2D eigenvalue weighted by molar-refractivity contribution is -0.136. The summed E-state index contributed by atoms with van der Waals surface area (Å²) in [5, 5.41) is 2.29. The highest BCUT2D eigenvalue weighted by atomic mass is 19.1. The molecule has 1 unspecified atom stereocenters. The number of hydrogen-bond acceptors (Lipinski definition) is 5. The van der Waals surface area contributed by atoms with Crippen molar-refractivity contribution in [1.82, 2.24) is 20.1 Å². The van der Waals surface area contributed by atoms with E-state index >= 15 is 0 Å². The number of pyridine rings is 1. The Balaban J connectivity index is 1.31. The summed E-state index contributed by atoms with van der Waals surface area (Å²) >= 11 is 0. The van der Waals surface area contributed by atoms with Crippen LogP contribution in [0.4, 0.5) is 8.78 Å². The summed E-state index contributed by atoms with van der Waals surface area (Å²) in [5.74, 6) is -2.06. The number of carbonyl (C=O) groups is 3. The zero-order valence-electron chi connectivity index (χ0n) is 18.0. The molecule has 0 aliphatic carbocycles. The number of nitrogens with one attached hydrogen (secondary N) is 1. The van der Waals surface area contributed by atoms with Gasteiger partial charge in [0.15, 0.2) is 0 Å². The van der Waals surface area contributed by atoms with E-state index in [0.29, 0.717) is 17.8 Å². The molecule has 2 fully saturated rings. The summed E-state index contributed by atoms with van der Waals surface area (Å²) in [7, 11) is 0. The normalized spacial score (nSPS) is 21.9. The van der Waals surface area contributed by atoms with E-state index in [1.54, 1.807) is 12.1 Å². The van der Waals surface area contributed by atoms with Gasteiger partial charge < -0.3 is 4.90 Å². The lowest BCUT2D eigenvalue weighted by Crippen LogP contribution is -2.52. The van der Waals surface area contributed by atoms with Gasteiger partial charge in [-0.3, -0.25) is 24.6 Å². The minimum atomic E-state index is -0.723. The number of benzene rings is 1. The van der Waals surface area contributed by atoms with Crippen LogP contribution in [0, 0.1) is 11.8 Å². The van der Waals surface area contributed by atoms with Crippen LogP contribution in [0.5, 0.6) is 0 Å². The topological polar surface area (TPSA) is 82.6 Å². The Morgan fingerprint density at radius 2 is 1.85 bits per heavy atom. The van der Waals surface area contributed by atoms with Gasteiger partial charge in [0.05, 0.1) is 5.69 Å². The molecule has 3 aliphatic heterocycles. The first kappa shape index (κ1) is 21.6. The predicted octanol–water partition coefficient (Wildman–Crippen LogP) is 2.50. The van der Waals surface area contributed by atoms with Crippen molar-refractivity contribution in [2.45, 2.75) is 50.7 Å². The van der Waals surface area contributed by atoms with Gasteiger partial charge in [0.1, 0.15) is 11.9 Å². The molecule has 0 bridgehead atoms. The summed E-state index contributed by atoms with van der Waals surface area (Å²) < 4.78 is 27.9. The number of likely N-dealkylation sites (tertiary alicyclic amines) is 1. The van der Waals surface area contributed by atoms with E-state index in [4.69, 9.17) is 0 Å². The molecule has 9 heteroatoms. The standard InChI is InChI=1S/C24H24F2N4O3/c25-15-10-17(14-6-8-29(9-7-14)12-16-2-1-3-21(26)27-16)19-13-30(24(33)18(19)11-15)20-4-5-22(31)28-23(20)32/h1-3,10-11,14,20H,4-9,12-13H2,(H,28,31,32). The van der Waals surface area contributed by atoms with Gasteiger partial charge in [-0.15, -0.1) is 0 Å². The van der Waals surface area contributed by atoms with E-state index < -0.39 is 23.7 Å². The van der Waals surface area contributed by atoms with Crippen molar-refractivity contribution in [2.75, 3.05) is 13.1 Å². The van der Waals surface area contributed by atoms with Crippen LogP contribution in [0.15, 0.2) is 30.3 Å². The highest BCUT2D eigenvalue weighted by molar-refractivity contribution is 6.05. The van der Waals surface area contributed by atoms with Crippen LogP contribution in [-0.2, 0) is 22.7 Å². The predicted molar refractivity (Wildman–Crippen MR) is 114 cm³/mol. The average molecular weight is 454 g/mol. The number of hydrogen-bond donors (Lipinski definition) is 1. The number of rotatable bonds is 4. The second kappa shape index (κ2) is 8.62. The molecule has 3 aliphatic rings. The molecule has 0 spiro atoms. The van der Waals surface area contributed by atoms with Crippen LogP contribution < -0.4 is 5.32 Å². The molecule has 1 N–H and O–H groups in total. The summed E-state index contributed by atoms with van der Waals surface area (Å²) in [6.45, 7) is 2.29. The van der Waals surface area contributed by atoms with Crippen molar-refractivity contribution in [1.29, 1.82) is 0 Å². The van der Waals surface area contributed by atoms with Gasteiger partial charge in [0.2, 0.25) is 17.8 Å². The Morgan fingerprint density at radius 3 is 2.58 bits per heavy atom. The number of amides is 3. The Labute approximate surface area is 189 Å². The third-order valence-electron chi connectivity index (χ3n) is 6.84. The zero-order valence-corrected chi connectivity index (χ0v) is 18.0. The van der Waals surface area contributed by atoms with E-state index in [1.165, 1.54) is 23.1 Å². The fraction of sp³-hybridized carbons (Fsp3) is 0.417. The number of fused-ring (bicyclic) bond motifs is 1. The highest BCUT2D eigenvalue weighted by Gasteiger charge is 2.41. The fourth-order valence-electron chi connectivity index (χ4n) is 5.19. The molecular weight excluding hydrogens is 430 g/mol. The number of aromatic nitrogens is 1. The van der Waals surface area contributed by atoms with Crippen molar-refractivity contribution in [2.24, 2.45) is 0 Å². The van der Waals surface area contributed by atoms with Crippen LogP contribution in [0.25, 0.3) is 0 Å². The van der Waals surface area contributed by atoms with Crippen LogP contribution >= 0.6 is 0 Å². The van der Waals surface area contributed by atoms with Gasteiger partial charge in [-0.1, -0.05) is 6.07 Å². The largest absolute Gasteiger partial charge is 0.322 e. The molecule has 1 atom stereocenters. The molecule has 2 aromatic rings. The third kappa shape index (κ3) is 4.25. The summed E-state index contributed by atoms with van der Waals surface area (Å²) in [5.41, 5.74) is 2.57. The Bertz CT molecular complexity index is 1130. The lowest BCUT2D eigenvalue weighted by atomic mass is 9.85. The van der Waals surface area contributed by atoms with E-state index in [-0.39, 0.29) is 37.1 Å². The van der Waals surface area contributed by atoms with Gasteiger partial charge in [0.25, 0.3) is 5.91 Å². The van der Waals surface area contributed by atoms with Crippen LogP contribution in [0.2, 0.25) is 0 Å². The zero-order chi connectivity index (χ0) is 23.1. The third-order valence-corrected chi connectivity index (χ3v) is 6.84. The molecule has 4 heterocycles. The van der Waals surface area contributed by atoms with Crippen LogP contribution in [0.1, 0.15) is 58.8 Å². The SMILES string of the molecule is O=C1CCC(N2Cc3c(cc(F)cc3C3CCN(Cc4cccc(F)n4)CC3)C2=O)C(=O)N1. The fourth-order valence-corrected chi connectivity index (χ4v) is 5.19. The van der Waals surface area contributed by atoms with Gasteiger partial charge in [0, 0.05) is 25.1 Å². The first-order chi connectivity index (χ1) is 15.9. The van der Waals surface area contributed by atoms with Gasteiger partial charge in [-0.05, 0) is 73.7 Å². The van der Waals surface area contributed by atoms with E-state index in [1.807, 2.05) is 0 Å². The van der Waals surface area contributed by atoms with Crippen LogP contribution in [0.3, 0.4) is 0 Å². The van der Waals surface area contributed by atoms with Crippen molar-refractivity contribution < 1.29 is 23.2 Å². The van der Waals surface area contributed by atoms with Gasteiger partial charge in [-0.2, -0.15) is 4.39 Å². The van der Waals surface area contributed by atoms with Crippen molar-refractivity contribution in [3.8, 4) is 0 Å².